The zero-order valence-corrected chi connectivity index (χ0v) is 24.6. The third kappa shape index (κ3) is 3.95. The molecule has 0 aliphatic heterocycles. The summed E-state index contributed by atoms with van der Waals surface area (Å²) in [5.74, 6) is 0. The van der Waals surface area contributed by atoms with Gasteiger partial charge in [0, 0.05) is 33.2 Å². The minimum absolute atomic E-state index is 1.11. The minimum atomic E-state index is 1.11. The first-order valence-electron chi connectivity index (χ1n) is 15.7. The molecule has 210 valence electrons. The van der Waals surface area contributed by atoms with Crippen LogP contribution in [-0.4, -0.2) is 9.13 Å². The Morgan fingerprint density at radius 3 is 1.64 bits per heavy atom. The van der Waals surface area contributed by atoms with E-state index in [1.807, 2.05) is 0 Å². The molecule has 8 aromatic rings. The fourth-order valence-corrected chi connectivity index (χ4v) is 7.49. The Labute approximate surface area is 257 Å². The van der Waals surface area contributed by atoms with Gasteiger partial charge in [0.15, 0.2) is 0 Å². The average Bonchev–Trinajstić information content (AvgIpc) is 3.60. The number of fused-ring (bicyclic) bond motifs is 6. The summed E-state index contributed by atoms with van der Waals surface area (Å²) < 4.78 is 5.03. The maximum atomic E-state index is 2.57. The molecule has 2 nitrogen and oxygen atoms in total. The first kappa shape index (κ1) is 25.2. The standard InChI is InChI=1S/C42H32N2/c1-3-13-29(14-4-1)31-17-11-19-33(25-31)43-39-23-9-7-21-35(39)37-27-38-36-22-8-10-24-40(36)44(42(38)28-41(37)43)34-20-12-18-32(26-34)30-15-5-2-6-16-30/h1-7,9,11-21,23,25-28H,8,10,22,24H2. The van der Waals surface area contributed by atoms with Gasteiger partial charge in [-0.2, -0.15) is 0 Å². The lowest BCUT2D eigenvalue weighted by atomic mass is 9.95. The van der Waals surface area contributed by atoms with Crippen LogP contribution in [-0.2, 0) is 12.8 Å². The van der Waals surface area contributed by atoms with Gasteiger partial charge in [-0.1, -0.05) is 103 Å². The van der Waals surface area contributed by atoms with E-state index in [1.165, 1.54) is 90.4 Å². The van der Waals surface area contributed by atoms with Crippen LogP contribution in [0.4, 0.5) is 0 Å². The topological polar surface area (TPSA) is 9.86 Å². The van der Waals surface area contributed by atoms with E-state index in [1.54, 1.807) is 0 Å². The van der Waals surface area contributed by atoms with Gasteiger partial charge in [0.25, 0.3) is 0 Å². The van der Waals surface area contributed by atoms with E-state index in [0.29, 0.717) is 0 Å². The Morgan fingerprint density at radius 2 is 0.932 bits per heavy atom. The zero-order chi connectivity index (χ0) is 29.0. The summed E-state index contributed by atoms with van der Waals surface area (Å²) in [6.07, 6.45) is 4.75. The molecule has 1 aliphatic rings. The van der Waals surface area contributed by atoms with Crippen LogP contribution in [0.3, 0.4) is 0 Å². The molecule has 0 bridgehead atoms. The second-order valence-electron chi connectivity index (χ2n) is 12.0. The van der Waals surface area contributed by atoms with Crippen molar-refractivity contribution in [1.82, 2.24) is 9.13 Å². The molecule has 1 aliphatic carbocycles. The van der Waals surface area contributed by atoms with Crippen LogP contribution in [0.25, 0.3) is 66.3 Å². The van der Waals surface area contributed by atoms with E-state index in [4.69, 9.17) is 0 Å². The quantitative estimate of drug-likeness (QED) is 0.201. The van der Waals surface area contributed by atoms with Gasteiger partial charge in [-0.15, -0.1) is 0 Å². The largest absolute Gasteiger partial charge is 0.313 e. The van der Waals surface area contributed by atoms with Crippen LogP contribution < -0.4 is 0 Å². The normalized spacial score (nSPS) is 13.1. The summed E-state index contributed by atoms with van der Waals surface area (Å²) in [4.78, 5) is 0. The molecule has 2 heterocycles. The predicted molar refractivity (Wildman–Crippen MR) is 185 cm³/mol. The summed E-state index contributed by atoms with van der Waals surface area (Å²) >= 11 is 0. The van der Waals surface area contributed by atoms with Gasteiger partial charge < -0.3 is 9.13 Å². The van der Waals surface area contributed by atoms with Gasteiger partial charge >= 0.3 is 0 Å². The molecule has 0 spiro atoms. The third-order valence-corrected chi connectivity index (χ3v) is 9.49. The average molecular weight is 565 g/mol. The number of hydrogen-bond donors (Lipinski definition) is 0. The number of nitrogens with zero attached hydrogens (tertiary/aromatic N) is 2. The molecule has 6 aromatic carbocycles. The fourth-order valence-electron chi connectivity index (χ4n) is 7.49. The lowest BCUT2D eigenvalue weighted by Crippen LogP contribution is -2.07. The molecular formula is C42H32N2. The first-order valence-corrected chi connectivity index (χ1v) is 15.7. The van der Waals surface area contributed by atoms with E-state index >= 15 is 0 Å². The molecule has 44 heavy (non-hydrogen) atoms. The molecule has 9 rings (SSSR count). The second-order valence-corrected chi connectivity index (χ2v) is 12.0. The van der Waals surface area contributed by atoms with Crippen LogP contribution in [0, 0.1) is 0 Å². The predicted octanol–water partition coefficient (Wildman–Crippen LogP) is 10.9. The summed E-state index contributed by atoms with van der Waals surface area (Å²) in [6, 6.07) is 53.3. The lowest BCUT2D eigenvalue weighted by molar-refractivity contribution is 0.667. The van der Waals surface area contributed by atoms with Crippen LogP contribution in [0.1, 0.15) is 24.1 Å². The van der Waals surface area contributed by atoms with Crippen molar-refractivity contribution in [2.75, 3.05) is 0 Å². The number of para-hydroxylation sites is 1. The van der Waals surface area contributed by atoms with Crippen molar-refractivity contribution in [2.24, 2.45) is 0 Å². The highest BCUT2D eigenvalue weighted by atomic mass is 15.0. The van der Waals surface area contributed by atoms with Crippen molar-refractivity contribution in [3.05, 3.63) is 157 Å². The van der Waals surface area contributed by atoms with Crippen LogP contribution in [0.5, 0.6) is 0 Å². The van der Waals surface area contributed by atoms with Crippen LogP contribution in [0.15, 0.2) is 146 Å². The van der Waals surface area contributed by atoms with Gasteiger partial charge in [0.05, 0.1) is 16.6 Å². The second kappa shape index (κ2) is 10.1. The highest BCUT2D eigenvalue weighted by Gasteiger charge is 2.24. The third-order valence-electron chi connectivity index (χ3n) is 9.49. The lowest BCUT2D eigenvalue weighted by Gasteiger charge is -2.17. The number of rotatable bonds is 4. The van der Waals surface area contributed by atoms with E-state index in [9.17, 15) is 0 Å². The van der Waals surface area contributed by atoms with Crippen molar-refractivity contribution in [2.45, 2.75) is 25.7 Å². The molecule has 0 saturated carbocycles. The SMILES string of the molecule is c1ccc(-c2cccc(-n3c4c(c5cc6c7ccccc7n(-c7cccc(-c8ccccc8)c7)c6cc53)CCCC4)c2)cc1. The molecule has 0 amide bonds. The summed E-state index contributed by atoms with van der Waals surface area (Å²) in [7, 11) is 0. The minimum Gasteiger partial charge on any atom is -0.313 e. The van der Waals surface area contributed by atoms with E-state index in [2.05, 4.69) is 155 Å². The molecule has 0 fully saturated rings. The van der Waals surface area contributed by atoms with Gasteiger partial charge in [-0.25, -0.2) is 0 Å². The fraction of sp³-hybridized carbons (Fsp3) is 0.0952. The molecule has 0 N–H and O–H groups in total. The Kier molecular flexibility index (Phi) is 5.80. The monoisotopic (exact) mass is 564 g/mol. The molecule has 0 unspecified atom stereocenters. The highest BCUT2D eigenvalue weighted by molar-refractivity contribution is 6.14. The number of benzene rings is 6. The summed E-state index contributed by atoms with van der Waals surface area (Å²) in [5, 5.41) is 4.03. The Morgan fingerprint density at radius 1 is 0.364 bits per heavy atom. The van der Waals surface area contributed by atoms with Gasteiger partial charge in [-0.3, -0.25) is 0 Å². The smallest absolute Gasteiger partial charge is 0.0562 e. The van der Waals surface area contributed by atoms with Crippen molar-refractivity contribution < 1.29 is 0 Å². The van der Waals surface area contributed by atoms with E-state index in [-0.39, 0.29) is 0 Å². The van der Waals surface area contributed by atoms with E-state index < -0.39 is 0 Å². The van der Waals surface area contributed by atoms with Crippen molar-refractivity contribution in [1.29, 1.82) is 0 Å². The molecule has 0 radical (unpaired) electrons. The van der Waals surface area contributed by atoms with Crippen molar-refractivity contribution in [3.63, 3.8) is 0 Å². The molecule has 2 heteroatoms. The summed E-state index contributed by atoms with van der Waals surface area (Å²) in [5.41, 5.74) is 14.2. The van der Waals surface area contributed by atoms with Gasteiger partial charge in [-0.05, 0) is 96.0 Å². The van der Waals surface area contributed by atoms with Crippen LogP contribution in [0.2, 0.25) is 0 Å². The molecule has 0 atom stereocenters. The molecule has 0 saturated heterocycles. The highest BCUT2D eigenvalue weighted by Crippen LogP contribution is 2.41. The van der Waals surface area contributed by atoms with Crippen molar-refractivity contribution in [3.8, 4) is 33.6 Å². The van der Waals surface area contributed by atoms with Crippen LogP contribution >= 0.6 is 0 Å². The number of aryl methyl sites for hydroxylation is 1. The maximum Gasteiger partial charge on any atom is 0.0562 e. The Balaban J connectivity index is 1.33. The van der Waals surface area contributed by atoms with E-state index in [0.717, 1.165) is 12.8 Å². The molecular weight excluding hydrogens is 532 g/mol. The van der Waals surface area contributed by atoms with Crippen molar-refractivity contribution >= 4 is 32.7 Å². The maximum absolute atomic E-state index is 2.57. The van der Waals surface area contributed by atoms with Gasteiger partial charge in [0.1, 0.15) is 0 Å². The molecule has 2 aromatic heterocycles. The summed E-state index contributed by atoms with van der Waals surface area (Å²) in [6.45, 7) is 0. The van der Waals surface area contributed by atoms with Gasteiger partial charge in [0.2, 0.25) is 0 Å². The zero-order valence-electron chi connectivity index (χ0n) is 24.6. The number of aromatic nitrogens is 2. The number of hydrogen-bond acceptors (Lipinski definition) is 0. The Hall–Kier alpha value is -5.34. The Bertz CT molecular complexity index is 2320. The first-order chi connectivity index (χ1) is 21.8.